The zero-order chi connectivity index (χ0) is 10.6. The number of carbonyl (C=O) groups excluding carboxylic acids is 1. The molecule has 0 aromatic heterocycles. The SMILES string of the molecule is CCC(CC(=O)O)N1CCCCC1=O. The first-order valence-electron chi connectivity index (χ1n) is 5.16. The minimum absolute atomic E-state index is 0.0717. The standard InChI is InChI=1S/C10H17NO3/c1-2-8(7-10(13)14)11-6-4-3-5-9(11)12/h8H,2-7H2,1H3,(H,13,14). The summed E-state index contributed by atoms with van der Waals surface area (Å²) in [5.74, 6) is -0.709. The summed E-state index contributed by atoms with van der Waals surface area (Å²) < 4.78 is 0. The highest BCUT2D eigenvalue weighted by Crippen LogP contribution is 2.17. The van der Waals surface area contributed by atoms with Gasteiger partial charge in [0.15, 0.2) is 0 Å². The Morgan fingerprint density at radius 1 is 1.57 bits per heavy atom. The van der Waals surface area contributed by atoms with E-state index in [1.54, 1.807) is 4.90 Å². The third kappa shape index (κ3) is 2.72. The average Bonchev–Trinajstić information content (AvgIpc) is 2.15. The fourth-order valence-corrected chi connectivity index (χ4v) is 1.89. The molecular weight excluding hydrogens is 182 g/mol. The van der Waals surface area contributed by atoms with Gasteiger partial charge in [0.1, 0.15) is 0 Å². The summed E-state index contributed by atoms with van der Waals surface area (Å²) in [5.41, 5.74) is 0. The second-order valence-corrected chi connectivity index (χ2v) is 3.70. The molecule has 4 nitrogen and oxygen atoms in total. The van der Waals surface area contributed by atoms with Gasteiger partial charge in [-0.05, 0) is 19.3 Å². The average molecular weight is 199 g/mol. The Morgan fingerprint density at radius 3 is 2.79 bits per heavy atom. The van der Waals surface area contributed by atoms with Gasteiger partial charge >= 0.3 is 5.97 Å². The van der Waals surface area contributed by atoms with Gasteiger partial charge in [-0.1, -0.05) is 6.92 Å². The molecule has 0 radical (unpaired) electrons. The number of carboxylic acid groups (broad SMARTS) is 1. The predicted octanol–water partition coefficient (Wildman–Crippen LogP) is 1.25. The fourth-order valence-electron chi connectivity index (χ4n) is 1.89. The molecule has 1 unspecified atom stereocenters. The van der Waals surface area contributed by atoms with Crippen LogP contribution >= 0.6 is 0 Å². The van der Waals surface area contributed by atoms with Crippen LogP contribution < -0.4 is 0 Å². The Kier molecular flexibility index (Phi) is 3.92. The minimum atomic E-state index is -0.824. The van der Waals surface area contributed by atoms with Gasteiger partial charge in [0.2, 0.25) is 5.91 Å². The topological polar surface area (TPSA) is 57.6 Å². The van der Waals surface area contributed by atoms with E-state index in [1.807, 2.05) is 6.92 Å². The van der Waals surface area contributed by atoms with Crippen LogP contribution in [0, 0.1) is 0 Å². The number of hydrogen-bond donors (Lipinski definition) is 1. The first kappa shape index (κ1) is 11.0. The molecule has 0 aliphatic carbocycles. The number of carboxylic acids is 1. The summed E-state index contributed by atoms with van der Waals surface area (Å²) >= 11 is 0. The number of likely N-dealkylation sites (tertiary alicyclic amines) is 1. The van der Waals surface area contributed by atoms with E-state index >= 15 is 0 Å². The van der Waals surface area contributed by atoms with Crippen LogP contribution in [0.15, 0.2) is 0 Å². The van der Waals surface area contributed by atoms with E-state index in [9.17, 15) is 9.59 Å². The molecule has 1 aliphatic heterocycles. The number of amides is 1. The zero-order valence-corrected chi connectivity index (χ0v) is 8.53. The van der Waals surface area contributed by atoms with Crippen molar-refractivity contribution in [1.29, 1.82) is 0 Å². The molecule has 1 atom stereocenters. The van der Waals surface area contributed by atoms with Crippen molar-refractivity contribution in [1.82, 2.24) is 4.90 Å². The Labute approximate surface area is 83.9 Å². The van der Waals surface area contributed by atoms with Crippen LogP contribution in [0.3, 0.4) is 0 Å². The molecule has 80 valence electrons. The number of rotatable bonds is 4. The summed E-state index contributed by atoms with van der Waals surface area (Å²) in [7, 11) is 0. The monoisotopic (exact) mass is 199 g/mol. The van der Waals surface area contributed by atoms with E-state index < -0.39 is 5.97 Å². The molecule has 0 aromatic rings. The maximum atomic E-state index is 11.5. The zero-order valence-electron chi connectivity index (χ0n) is 8.53. The summed E-state index contributed by atoms with van der Waals surface area (Å²) in [6, 6.07) is -0.111. The van der Waals surface area contributed by atoms with E-state index in [1.165, 1.54) is 0 Å². The van der Waals surface area contributed by atoms with E-state index in [4.69, 9.17) is 5.11 Å². The van der Waals surface area contributed by atoms with Crippen molar-refractivity contribution >= 4 is 11.9 Å². The van der Waals surface area contributed by atoms with Gasteiger partial charge in [-0.3, -0.25) is 9.59 Å². The van der Waals surface area contributed by atoms with Crippen molar-refractivity contribution in [3.8, 4) is 0 Å². The normalized spacial score (nSPS) is 19.5. The molecule has 1 fully saturated rings. The first-order chi connectivity index (χ1) is 6.65. The maximum absolute atomic E-state index is 11.5. The Bertz CT molecular complexity index is 227. The quantitative estimate of drug-likeness (QED) is 0.741. The van der Waals surface area contributed by atoms with Crippen LogP contribution in [-0.2, 0) is 9.59 Å². The van der Waals surface area contributed by atoms with Crippen LogP contribution in [0.1, 0.15) is 39.0 Å². The molecule has 14 heavy (non-hydrogen) atoms. The van der Waals surface area contributed by atoms with E-state index in [2.05, 4.69) is 0 Å². The molecule has 1 saturated heterocycles. The Hall–Kier alpha value is -1.06. The summed E-state index contributed by atoms with van der Waals surface area (Å²) in [5, 5.41) is 8.69. The van der Waals surface area contributed by atoms with Crippen LogP contribution in [-0.4, -0.2) is 34.5 Å². The van der Waals surface area contributed by atoms with E-state index in [0.29, 0.717) is 6.42 Å². The second-order valence-electron chi connectivity index (χ2n) is 3.70. The number of aliphatic carboxylic acids is 1. The van der Waals surface area contributed by atoms with Gasteiger partial charge in [-0.2, -0.15) is 0 Å². The van der Waals surface area contributed by atoms with Crippen LogP contribution in [0.25, 0.3) is 0 Å². The Balaban J connectivity index is 2.57. The highest BCUT2D eigenvalue weighted by Gasteiger charge is 2.26. The lowest BCUT2D eigenvalue weighted by Crippen LogP contribution is -2.43. The van der Waals surface area contributed by atoms with Crippen molar-refractivity contribution in [2.75, 3.05) is 6.54 Å². The molecule has 1 N–H and O–H groups in total. The predicted molar refractivity (Wildman–Crippen MR) is 51.9 cm³/mol. The van der Waals surface area contributed by atoms with Gasteiger partial charge in [-0.25, -0.2) is 0 Å². The van der Waals surface area contributed by atoms with Crippen LogP contribution in [0.4, 0.5) is 0 Å². The maximum Gasteiger partial charge on any atom is 0.305 e. The third-order valence-electron chi connectivity index (χ3n) is 2.68. The molecule has 0 aromatic carbocycles. The van der Waals surface area contributed by atoms with Crippen LogP contribution in [0.2, 0.25) is 0 Å². The van der Waals surface area contributed by atoms with Crippen LogP contribution in [0.5, 0.6) is 0 Å². The molecule has 1 aliphatic rings. The van der Waals surface area contributed by atoms with Gasteiger partial charge in [0.25, 0.3) is 0 Å². The lowest BCUT2D eigenvalue weighted by molar-refractivity contribution is -0.142. The lowest BCUT2D eigenvalue weighted by atomic mass is 10.0. The highest BCUT2D eigenvalue weighted by atomic mass is 16.4. The number of hydrogen-bond acceptors (Lipinski definition) is 2. The van der Waals surface area contributed by atoms with Gasteiger partial charge in [0.05, 0.1) is 6.42 Å². The molecule has 0 spiro atoms. The van der Waals surface area contributed by atoms with Crippen molar-refractivity contribution in [3.05, 3.63) is 0 Å². The summed E-state index contributed by atoms with van der Waals surface area (Å²) in [6.45, 7) is 2.65. The smallest absolute Gasteiger partial charge is 0.305 e. The minimum Gasteiger partial charge on any atom is -0.481 e. The van der Waals surface area contributed by atoms with Crippen molar-refractivity contribution in [3.63, 3.8) is 0 Å². The van der Waals surface area contributed by atoms with Gasteiger partial charge in [0, 0.05) is 19.0 Å². The van der Waals surface area contributed by atoms with E-state index in [-0.39, 0.29) is 18.4 Å². The first-order valence-corrected chi connectivity index (χ1v) is 5.16. The van der Waals surface area contributed by atoms with Gasteiger partial charge in [-0.15, -0.1) is 0 Å². The molecule has 1 amide bonds. The lowest BCUT2D eigenvalue weighted by Gasteiger charge is -2.33. The number of piperidine rings is 1. The molecule has 0 saturated carbocycles. The largest absolute Gasteiger partial charge is 0.481 e. The van der Waals surface area contributed by atoms with Gasteiger partial charge < -0.3 is 10.0 Å². The van der Waals surface area contributed by atoms with E-state index in [0.717, 1.165) is 25.8 Å². The Morgan fingerprint density at radius 2 is 2.29 bits per heavy atom. The molecule has 1 heterocycles. The number of nitrogens with zero attached hydrogens (tertiary/aromatic N) is 1. The highest BCUT2D eigenvalue weighted by molar-refractivity contribution is 5.78. The third-order valence-corrected chi connectivity index (χ3v) is 2.68. The van der Waals surface area contributed by atoms with Crippen molar-refractivity contribution in [2.24, 2.45) is 0 Å². The number of carbonyl (C=O) groups is 2. The summed E-state index contributed by atoms with van der Waals surface area (Å²) in [4.78, 5) is 23.8. The second kappa shape index (κ2) is 4.98. The molecule has 4 heteroatoms. The van der Waals surface area contributed by atoms with Crippen molar-refractivity contribution in [2.45, 2.75) is 45.1 Å². The molecule has 0 bridgehead atoms. The molecule has 1 rings (SSSR count). The van der Waals surface area contributed by atoms with Crippen molar-refractivity contribution < 1.29 is 14.7 Å². The molecular formula is C10H17NO3. The summed E-state index contributed by atoms with van der Waals surface area (Å²) in [6.07, 6.45) is 3.32. The fraction of sp³-hybridized carbons (Fsp3) is 0.800.